The van der Waals surface area contributed by atoms with Gasteiger partial charge in [-0.1, -0.05) is 42.0 Å². The van der Waals surface area contributed by atoms with Crippen LogP contribution in [-0.4, -0.2) is 66.0 Å². The molecule has 1 aliphatic heterocycles. The van der Waals surface area contributed by atoms with Gasteiger partial charge in [-0.3, -0.25) is 4.90 Å². The molecule has 1 atom stereocenters. The highest BCUT2D eigenvalue weighted by Crippen LogP contribution is 2.30. The number of piperazine rings is 1. The Kier molecular flexibility index (Phi) is 9.93. The Morgan fingerprint density at radius 1 is 0.778 bits per heavy atom. The minimum absolute atomic E-state index is 0.119. The van der Waals surface area contributed by atoms with Gasteiger partial charge in [0.15, 0.2) is 0 Å². The molecule has 0 amide bonds. The zero-order valence-electron chi connectivity index (χ0n) is 21.0. The van der Waals surface area contributed by atoms with Crippen LogP contribution in [0.25, 0.3) is 0 Å². The van der Waals surface area contributed by atoms with E-state index in [1.807, 2.05) is 24.3 Å². The third-order valence-electron chi connectivity index (χ3n) is 6.91. The number of aryl methyl sites for hydroxylation is 1. The van der Waals surface area contributed by atoms with E-state index in [4.69, 9.17) is 0 Å². The standard InChI is InChI=1S/C30H36F2N2OS/c1-23-4-14-29(15-5-23)36-22-28(35)21-34-19-17-33(18-20-34)16-2-3-30(24-6-10-26(31)11-7-24)25-8-12-27(32)13-9-25/h4-15,28,30,35H,2-3,16-22H2,1H3. The lowest BCUT2D eigenvalue weighted by Gasteiger charge is -2.35. The molecule has 3 aromatic rings. The molecule has 0 aromatic heterocycles. The molecule has 3 aromatic carbocycles. The summed E-state index contributed by atoms with van der Waals surface area (Å²) < 4.78 is 26.9. The van der Waals surface area contributed by atoms with Gasteiger partial charge in [-0.15, -0.1) is 11.8 Å². The van der Waals surface area contributed by atoms with Gasteiger partial charge in [-0.05, 0) is 73.8 Å². The summed E-state index contributed by atoms with van der Waals surface area (Å²) in [5.41, 5.74) is 3.37. The molecule has 0 saturated carbocycles. The maximum atomic E-state index is 13.5. The molecular weight excluding hydrogens is 474 g/mol. The number of nitrogens with zero attached hydrogens (tertiary/aromatic N) is 2. The van der Waals surface area contributed by atoms with E-state index in [0.29, 0.717) is 12.3 Å². The van der Waals surface area contributed by atoms with Crippen LogP contribution in [0.15, 0.2) is 77.7 Å². The van der Waals surface area contributed by atoms with Gasteiger partial charge in [0.25, 0.3) is 0 Å². The fraction of sp³-hybridized carbons (Fsp3) is 0.400. The van der Waals surface area contributed by atoms with Gasteiger partial charge < -0.3 is 10.0 Å². The summed E-state index contributed by atoms with van der Waals surface area (Å²) in [4.78, 5) is 6.04. The van der Waals surface area contributed by atoms with Gasteiger partial charge in [0.05, 0.1) is 6.10 Å². The first kappa shape index (κ1) is 26.8. The van der Waals surface area contributed by atoms with E-state index in [-0.39, 0.29) is 23.7 Å². The molecule has 0 aliphatic carbocycles. The summed E-state index contributed by atoms with van der Waals surface area (Å²) in [6, 6.07) is 21.8. The van der Waals surface area contributed by atoms with Gasteiger partial charge in [0, 0.05) is 49.3 Å². The van der Waals surface area contributed by atoms with Crippen molar-refractivity contribution in [3.63, 3.8) is 0 Å². The van der Waals surface area contributed by atoms with Crippen LogP contribution in [-0.2, 0) is 0 Å². The maximum Gasteiger partial charge on any atom is 0.123 e. The Morgan fingerprint density at radius 3 is 1.86 bits per heavy atom. The Balaban J connectivity index is 1.20. The number of β-amino-alcohol motifs (C(OH)–C–C–N with tert-alkyl or cyclic N) is 1. The number of aliphatic hydroxyl groups excluding tert-OH is 1. The van der Waals surface area contributed by atoms with Crippen molar-refractivity contribution in [3.05, 3.63) is 101 Å². The first-order chi connectivity index (χ1) is 17.5. The zero-order valence-corrected chi connectivity index (χ0v) is 21.8. The molecule has 1 heterocycles. The average molecular weight is 511 g/mol. The third kappa shape index (κ3) is 8.13. The Bertz CT molecular complexity index is 1010. The van der Waals surface area contributed by atoms with Gasteiger partial charge in [0.2, 0.25) is 0 Å². The molecule has 6 heteroatoms. The number of benzene rings is 3. The highest BCUT2D eigenvalue weighted by atomic mass is 32.2. The lowest BCUT2D eigenvalue weighted by Crippen LogP contribution is -2.49. The van der Waals surface area contributed by atoms with Crippen molar-refractivity contribution in [1.82, 2.24) is 9.80 Å². The van der Waals surface area contributed by atoms with E-state index < -0.39 is 0 Å². The zero-order chi connectivity index (χ0) is 25.3. The molecule has 0 spiro atoms. The summed E-state index contributed by atoms with van der Waals surface area (Å²) in [7, 11) is 0. The molecule has 0 bridgehead atoms. The first-order valence-corrected chi connectivity index (χ1v) is 13.8. The molecule has 4 rings (SSSR count). The predicted octanol–water partition coefficient (Wildman–Crippen LogP) is 5.96. The topological polar surface area (TPSA) is 26.7 Å². The molecule has 1 unspecified atom stereocenters. The van der Waals surface area contributed by atoms with E-state index in [2.05, 4.69) is 41.0 Å². The number of hydrogen-bond acceptors (Lipinski definition) is 4. The number of thioether (sulfide) groups is 1. The molecule has 0 radical (unpaired) electrons. The summed E-state index contributed by atoms with van der Waals surface area (Å²) in [6.45, 7) is 7.71. The fourth-order valence-electron chi connectivity index (χ4n) is 4.81. The molecule has 1 aliphatic rings. The first-order valence-electron chi connectivity index (χ1n) is 12.8. The van der Waals surface area contributed by atoms with Crippen molar-refractivity contribution in [2.45, 2.75) is 36.7 Å². The minimum atomic E-state index is -0.338. The van der Waals surface area contributed by atoms with E-state index in [0.717, 1.165) is 56.7 Å². The van der Waals surface area contributed by atoms with E-state index >= 15 is 0 Å². The van der Waals surface area contributed by atoms with E-state index in [1.165, 1.54) is 34.7 Å². The van der Waals surface area contributed by atoms with Crippen LogP contribution in [0.3, 0.4) is 0 Å². The van der Waals surface area contributed by atoms with Gasteiger partial charge in [-0.2, -0.15) is 0 Å². The number of halogens is 2. The van der Waals surface area contributed by atoms with Crippen molar-refractivity contribution in [3.8, 4) is 0 Å². The third-order valence-corrected chi connectivity index (χ3v) is 8.07. The second-order valence-electron chi connectivity index (χ2n) is 9.72. The van der Waals surface area contributed by atoms with Crippen LogP contribution >= 0.6 is 11.8 Å². The van der Waals surface area contributed by atoms with Crippen molar-refractivity contribution in [1.29, 1.82) is 0 Å². The second-order valence-corrected chi connectivity index (χ2v) is 10.8. The summed E-state index contributed by atoms with van der Waals surface area (Å²) in [5.74, 6) is 0.340. The van der Waals surface area contributed by atoms with E-state index in [1.54, 1.807) is 11.8 Å². The monoisotopic (exact) mass is 510 g/mol. The van der Waals surface area contributed by atoms with Crippen LogP contribution < -0.4 is 0 Å². The smallest absolute Gasteiger partial charge is 0.123 e. The highest BCUT2D eigenvalue weighted by Gasteiger charge is 2.20. The van der Waals surface area contributed by atoms with Gasteiger partial charge in [-0.25, -0.2) is 8.78 Å². The largest absolute Gasteiger partial charge is 0.391 e. The lowest BCUT2D eigenvalue weighted by molar-refractivity contribution is 0.0819. The number of hydrogen-bond donors (Lipinski definition) is 1. The van der Waals surface area contributed by atoms with Crippen molar-refractivity contribution in [2.24, 2.45) is 0 Å². The Hall–Kier alpha value is -2.25. The predicted molar refractivity (Wildman–Crippen MR) is 145 cm³/mol. The number of aliphatic hydroxyl groups is 1. The molecule has 3 nitrogen and oxygen atoms in total. The minimum Gasteiger partial charge on any atom is -0.391 e. The van der Waals surface area contributed by atoms with Crippen molar-refractivity contribution >= 4 is 11.8 Å². The Labute approximate surface area is 218 Å². The normalized spacial score (nSPS) is 15.9. The van der Waals surface area contributed by atoms with Crippen molar-refractivity contribution < 1.29 is 13.9 Å². The van der Waals surface area contributed by atoms with Crippen LogP contribution in [0.1, 0.15) is 35.4 Å². The summed E-state index contributed by atoms with van der Waals surface area (Å²) in [6.07, 6.45) is 1.59. The second kappa shape index (κ2) is 13.3. The SMILES string of the molecule is Cc1ccc(SCC(O)CN2CCN(CCCC(c3ccc(F)cc3)c3ccc(F)cc3)CC2)cc1. The molecule has 1 saturated heterocycles. The molecule has 1 N–H and O–H groups in total. The maximum absolute atomic E-state index is 13.5. The summed E-state index contributed by atoms with van der Waals surface area (Å²) in [5, 5.41) is 10.5. The van der Waals surface area contributed by atoms with Gasteiger partial charge >= 0.3 is 0 Å². The Morgan fingerprint density at radius 2 is 1.31 bits per heavy atom. The number of rotatable bonds is 11. The van der Waals surface area contributed by atoms with Crippen LogP contribution in [0.5, 0.6) is 0 Å². The molecular formula is C30H36F2N2OS. The molecule has 1 fully saturated rings. The van der Waals surface area contributed by atoms with Crippen LogP contribution in [0.2, 0.25) is 0 Å². The van der Waals surface area contributed by atoms with Gasteiger partial charge in [0.1, 0.15) is 11.6 Å². The molecule has 36 heavy (non-hydrogen) atoms. The average Bonchev–Trinajstić information content (AvgIpc) is 2.89. The lowest BCUT2D eigenvalue weighted by atomic mass is 9.87. The fourth-order valence-corrected chi connectivity index (χ4v) is 5.63. The van der Waals surface area contributed by atoms with Crippen LogP contribution in [0.4, 0.5) is 8.78 Å². The summed E-state index contributed by atoms with van der Waals surface area (Å²) >= 11 is 1.71. The van der Waals surface area contributed by atoms with Crippen LogP contribution in [0, 0.1) is 18.6 Å². The van der Waals surface area contributed by atoms with E-state index in [9.17, 15) is 13.9 Å². The van der Waals surface area contributed by atoms with Crippen molar-refractivity contribution in [2.75, 3.05) is 45.0 Å². The highest BCUT2D eigenvalue weighted by molar-refractivity contribution is 7.99. The molecule has 192 valence electrons. The quantitative estimate of drug-likeness (QED) is 0.322.